The van der Waals surface area contributed by atoms with Gasteiger partial charge in [-0.25, -0.2) is 0 Å². The third-order valence-electron chi connectivity index (χ3n) is 13.7. The second-order valence-electron chi connectivity index (χ2n) is 15.3. The molecule has 0 amide bonds. The molecule has 0 bridgehead atoms. The summed E-state index contributed by atoms with van der Waals surface area (Å²) in [7, 11) is 0. The van der Waals surface area contributed by atoms with Crippen molar-refractivity contribution in [3.05, 3.63) is 0 Å². The topological polar surface area (TPSA) is 40.5 Å². The van der Waals surface area contributed by atoms with Crippen LogP contribution in [0, 0.1) is 62.6 Å². The normalized spacial score (nSPS) is 59.2. The van der Waals surface area contributed by atoms with Crippen molar-refractivity contribution >= 4 is 0 Å². The van der Waals surface area contributed by atoms with E-state index in [0.717, 1.165) is 30.1 Å². The van der Waals surface area contributed by atoms with Gasteiger partial charge in [0.15, 0.2) is 0 Å². The molecule has 0 aromatic carbocycles. The molecule has 0 aliphatic heterocycles. The van der Waals surface area contributed by atoms with E-state index in [4.69, 9.17) is 0 Å². The summed E-state index contributed by atoms with van der Waals surface area (Å²) in [5.74, 6) is 4.65. The molecule has 0 heterocycles. The van der Waals surface area contributed by atoms with Gasteiger partial charge in [-0.05, 0) is 120 Å². The Hall–Kier alpha value is -0.0800. The number of aliphatic hydroxyl groups excluding tert-OH is 2. The fourth-order valence-electron chi connectivity index (χ4n) is 11.9. The van der Waals surface area contributed by atoms with E-state index in [1.807, 2.05) is 0 Å². The Balaban J connectivity index is 1.55. The minimum Gasteiger partial charge on any atom is -0.390 e. The predicted octanol–water partition coefficient (Wildman–Crippen LogP) is 7.08. The first-order valence-electron chi connectivity index (χ1n) is 14.1. The molecule has 5 rings (SSSR count). The molecule has 5 aliphatic carbocycles. The lowest BCUT2D eigenvalue weighted by Gasteiger charge is -2.73. The standard InChI is InChI=1S/C30H52O2/c1-18(2)19-11-13-27(5)15-16-29(7)20(24(19)27)9-10-23-28(6)17-21(31)25(32)26(3,4)22(28)12-14-30(23,29)8/h18-25,31-32H,9-17H2,1-8H3/t19-,20?,21+,22-,23?,24+,25?,27?,28?,29+,30?/m0/s1. The minimum atomic E-state index is -0.586. The SMILES string of the molecule is CC(C)[C@@H]1CCC2(C)CC[C@]3(C)C(CCC4C5(C)C[C@@H](O)C(O)C(C)(C)[C@@H]5CCC43C)[C@@H]12. The summed E-state index contributed by atoms with van der Waals surface area (Å²) in [6.07, 6.45) is 10.6. The third-order valence-corrected chi connectivity index (χ3v) is 13.7. The molecule has 0 saturated heterocycles. The summed E-state index contributed by atoms with van der Waals surface area (Å²) in [6.45, 7) is 20.0. The van der Waals surface area contributed by atoms with Crippen molar-refractivity contribution in [2.45, 2.75) is 125 Å². The summed E-state index contributed by atoms with van der Waals surface area (Å²) in [4.78, 5) is 0. The molecule has 0 spiro atoms. The van der Waals surface area contributed by atoms with Gasteiger partial charge >= 0.3 is 0 Å². The van der Waals surface area contributed by atoms with Gasteiger partial charge in [0.2, 0.25) is 0 Å². The zero-order valence-electron chi connectivity index (χ0n) is 22.4. The minimum absolute atomic E-state index is 0.136. The Labute approximate surface area is 198 Å². The quantitative estimate of drug-likeness (QED) is 0.454. The molecule has 5 saturated carbocycles. The zero-order valence-corrected chi connectivity index (χ0v) is 22.4. The number of fused-ring (bicyclic) bond motifs is 7. The summed E-state index contributed by atoms with van der Waals surface area (Å²) >= 11 is 0. The monoisotopic (exact) mass is 444 g/mol. The van der Waals surface area contributed by atoms with E-state index in [-0.39, 0.29) is 10.8 Å². The van der Waals surface area contributed by atoms with E-state index >= 15 is 0 Å². The first-order valence-corrected chi connectivity index (χ1v) is 14.1. The Bertz CT molecular complexity index is 758. The molecule has 11 atom stereocenters. The molecule has 2 nitrogen and oxygen atoms in total. The highest BCUT2D eigenvalue weighted by atomic mass is 16.3. The lowest BCUT2D eigenvalue weighted by Crippen LogP contribution is -2.68. The molecular weight excluding hydrogens is 392 g/mol. The van der Waals surface area contributed by atoms with E-state index in [0.29, 0.717) is 28.1 Å². The molecule has 0 radical (unpaired) electrons. The highest BCUT2D eigenvalue weighted by Crippen LogP contribution is 2.77. The second-order valence-corrected chi connectivity index (χ2v) is 15.3. The van der Waals surface area contributed by atoms with Crippen LogP contribution in [0.15, 0.2) is 0 Å². The maximum Gasteiger partial charge on any atom is 0.0852 e. The Morgan fingerprint density at radius 2 is 1.41 bits per heavy atom. The average Bonchev–Trinajstić information content (AvgIpc) is 3.05. The second kappa shape index (κ2) is 6.99. The van der Waals surface area contributed by atoms with Crippen molar-refractivity contribution in [2.24, 2.45) is 62.6 Å². The zero-order chi connectivity index (χ0) is 23.5. The van der Waals surface area contributed by atoms with E-state index in [9.17, 15) is 10.2 Å². The molecule has 32 heavy (non-hydrogen) atoms. The van der Waals surface area contributed by atoms with E-state index in [1.54, 1.807) is 0 Å². The van der Waals surface area contributed by atoms with Gasteiger partial charge in [-0.1, -0.05) is 55.4 Å². The van der Waals surface area contributed by atoms with Crippen LogP contribution in [0.25, 0.3) is 0 Å². The van der Waals surface area contributed by atoms with Gasteiger partial charge < -0.3 is 10.2 Å². The smallest absolute Gasteiger partial charge is 0.0852 e. The number of aliphatic hydroxyl groups is 2. The van der Waals surface area contributed by atoms with Crippen molar-refractivity contribution < 1.29 is 10.2 Å². The van der Waals surface area contributed by atoms with Crippen LogP contribution in [-0.2, 0) is 0 Å². The van der Waals surface area contributed by atoms with Gasteiger partial charge in [0, 0.05) is 0 Å². The van der Waals surface area contributed by atoms with Crippen molar-refractivity contribution in [3.63, 3.8) is 0 Å². The average molecular weight is 445 g/mol. The number of hydrogen-bond donors (Lipinski definition) is 2. The molecular formula is C30H52O2. The lowest BCUT2D eigenvalue weighted by atomic mass is 9.32. The van der Waals surface area contributed by atoms with Gasteiger partial charge in [-0.15, -0.1) is 0 Å². The van der Waals surface area contributed by atoms with Gasteiger partial charge in [-0.2, -0.15) is 0 Å². The maximum absolute atomic E-state index is 11.0. The highest BCUT2D eigenvalue weighted by molar-refractivity contribution is 5.19. The van der Waals surface area contributed by atoms with Crippen LogP contribution in [0.5, 0.6) is 0 Å². The van der Waals surface area contributed by atoms with Crippen LogP contribution in [0.1, 0.15) is 113 Å². The van der Waals surface area contributed by atoms with Crippen molar-refractivity contribution in [1.82, 2.24) is 0 Å². The Kier molecular flexibility index (Phi) is 5.17. The Morgan fingerprint density at radius 1 is 0.719 bits per heavy atom. The fourth-order valence-corrected chi connectivity index (χ4v) is 11.9. The molecule has 2 heteroatoms. The van der Waals surface area contributed by atoms with Crippen LogP contribution in [0.3, 0.4) is 0 Å². The van der Waals surface area contributed by atoms with Crippen LogP contribution >= 0.6 is 0 Å². The van der Waals surface area contributed by atoms with Gasteiger partial charge in [0.05, 0.1) is 12.2 Å². The van der Waals surface area contributed by atoms with Gasteiger partial charge in [0.25, 0.3) is 0 Å². The summed E-state index contributed by atoms with van der Waals surface area (Å²) in [5, 5.41) is 21.9. The van der Waals surface area contributed by atoms with Gasteiger partial charge in [0.1, 0.15) is 0 Å². The van der Waals surface area contributed by atoms with Gasteiger partial charge in [-0.3, -0.25) is 0 Å². The van der Waals surface area contributed by atoms with Crippen molar-refractivity contribution in [3.8, 4) is 0 Å². The highest BCUT2D eigenvalue weighted by Gasteiger charge is 2.71. The summed E-state index contributed by atoms with van der Waals surface area (Å²) in [5.41, 5.74) is 1.26. The van der Waals surface area contributed by atoms with Crippen molar-refractivity contribution in [2.75, 3.05) is 0 Å². The molecule has 2 N–H and O–H groups in total. The molecule has 184 valence electrons. The van der Waals surface area contributed by atoms with Crippen LogP contribution in [0.4, 0.5) is 0 Å². The Morgan fingerprint density at radius 3 is 2.06 bits per heavy atom. The largest absolute Gasteiger partial charge is 0.390 e. The first-order chi connectivity index (χ1) is 14.7. The van der Waals surface area contributed by atoms with Crippen LogP contribution in [0.2, 0.25) is 0 Å². The first kappa shape index (κ1) is 23.7. The van der Waals surface area contributed by atoms with Crippen molar-refractivity contribution in [1.29, 1.82) is 0 Å². The number of rotatable bonds is 1. The molecule has 0 aromatic heterocycles. The third kappa shape index (κ3) is 2.72. The number of hydrogen-bond acceptors (Lipinski definition) is 2. The molecule has 5 fully saturated rings. The predicted molar refractivity (Wildman–Crippen MR) is 132 cm³/mol. The van der Waals surface area contributed by atoms with Crippen LogP contribution < -0.4 is 0 Å². The molecule has 5 aliphatic rings. The van der Waals surface area contributed by atoms with E-state index < -0.39 is 12.2 Å². The molecule has 0 aromatic rings. The fraction of sp³-hybridized carbons (Fsp3) is 1.00. The van der Waals surface area contributed by atoms with E-state index in [2.05, 4.69) is 55.4 Å². The van der Waals surface area contributed by atoms with E-state index in [1.165, 1.54) is 51.4 Å². The maximum atomic E-state index is 11.0. The summed E-state index contributed by atoms with van der Waals surface area (Å²) < 4.78 is 0. The summed E-state index contributed by atoms with van der Waals surface area (Å²) in [6, 6.07) is 0. The molecule has 6 unspecified atom stereocenters. The van der Waals surface area contributed by atoms with Crippen LogP contribution in [-0.4, -0.2) is 22.4 Å². The lowest BCUT2D eigenvalue weighted by molar-refractivity contribution is -0.263.